The molecule has 0 aliphatic rings. The summed E-state index contributed by atoms with van der Waals surface area (Å²) in [6, 6.07) is 15.6. The van der Waals surface area contributed by atoms with Crippen LogP contribution in [0.1, 0.15) is 25.0 Å². The zero-order valence-corrected chi connectivity index (χ0v) is 12.3. The van der Waals surface area contributed by atoms with Crippen molar-refractivity contribution in [2.75, 3.05) is 0 Å². The Morgan fingerprint density at radius 3 is 2.19 bits per heavy atom. The number of aryl methyl sites for hydroxylation is 2. The third-order valence-electron chi connectivity index (χ3n) is 3.85. The smallest absolute Gasteiger partial charge is 0.193 e. The summed E-state index contributed by atoms with van der Waals surface area (Å²) in [5, 5.41) is 0.656. The second-order valence-corrected chi connectivity index (χ2v) is 5.21. The summed E-state index contributed by atoms with van der Waals surface area (Å²) in [6.45, 7) is 4.20. The van der Waals surface area contributed by atoms with Crippen LogP contribution >= 0.6 is 0 Å². The quantitative estimate of drug-likeness (QED) is 0.701. The second-order valence-electron chi connectivity index (χ2n) is 5.21. The molecule has 0 aliphatic carbocycles. The van der Waals surface area contributed by atoms with Gasteiger partial charge in [-0.15, -0.1) is 0 Å². The van der Waals surface area contributed by atoms with Gasteiger partial charge in [-0.1, -0.05) is 44.2 Å². The van der Waals surface area contributed by atoms with E-state index >= 15 is 0 Å². The van der Waals surface area contributed by atoms with Crippen LogP contribution < -0.4 is 5.43 Å². The lowest BCUT2D eigenvalue weighted by molar-refractivity contribution is 0.618. The van der Waals surface area contributed by atoms with E-state index in [2.05, 4.69) is 26.0 Å². The van der Waals surface area contributed by atoms with Crippen molar-refractivity contribution in [3.8, 4) is 11.3 Å². The molecule has 2 aromatic carbocycles. The standard InChI is InChI=1S/C19H18O2/c1-3-13-5-8-15(9-6-13)19-12-17(20)16-11-14(4-2)7-10-18(16)21-19/h5-12H,3-4H2,1-2H3. The largest absolute Gasteiger partial charge is 0.456 e. The minimum Gasteiger partial charge on any atom is -0.456 e. The number of rotatable bonds is 3. The van der Waals surface area contributed by atoms with E-state index in [1.165, 1.54) is 5.56 Å². The van der Waals surface area contributed by atoms with E-state index in [-0.39, 0.29) is 5.43 Å². The Labute approximate surface area is 124 Å². The van der Waals surface area contributed by atoms with E-state index in [1.807, 2.05) is 30.3 Å². The van der Waals surface area contributed by atoms with E-state index in [9.17, 15) is 4.79 Å². The Morgan fingerprint density at radius 1 is 0.857 bits per heavy atom. The fourth-order valence-corrected chi connectivity index (χ4v) is 2.47. The topological polar surface area (TPSA) is 30.2 Å². The lowest BCUT2D eigenvalue weighted by Gasteiger charge is -2.05. The first-order valence-electron chi connectivity index (χ1n) is 7.37. The molecular formula is C19H18O2. The first-order chi connectivity index (χ1) is 10.2. The van der Waals surface area contributed by atoms with Crippen molar-refractivity contribution in [1.82, 2.24) is 0 Å². The fraction of sp³-hybridized carbons (Fsp3) is 0.211. The van der Waals surface area contributed by atoms with Crippen LogP contribution in [0.3, 0.4) is 0 Å². The van der Waals surface area contributed by atoms with Crippen LogP contribution in [0.25, 0.3) is 22.3 Å². The lowest BCUT2D eigenvalue weighted by Crippen LogP contribution is -2.01. The molecule has 21 heavy (non-hydrogen) atoms. The zero-order chi connectivity index (χ0) is 14.8. The molecule has 0 aliphatic heterocycles. The van der Waals surface area contributed by atoms with Gasteiger partial charge >= 0.3 is 0 Å². The SMILES string of the molecule is CCc1ccc(-c2cc(=O)c3cc(CC)ccc3o2)cc1. The second kappa shape index (κ2) is 5.57. The maximum atomic E-state index is 12.3. The summed E-state index contributed by atoms with van der Waals surface area (Å²) in [5.41, 5.74) is 4.02. The van der Waals surface area contributed by atoms with E-state index in [1.54, 1.807) is 6.07 Å². The molecule has 0 spiro atoms. The normalized spacial score (nSPS) is 11.0. The van der Waals surface area contributed by atoms with Crippen molar-refractivity contribution in [2.45, 2.75) is 26.7 Å². The summed E-state index contributed by atoms with van der Waals surface area (Å²) >= 11 is 0. The van der Waals surface area contributed by atoms with E-state index in [0.717, 1.165) is 24.0 Å². The van der Waals surface area contributed by atoms with Gasteiger partial charge < -0.3 is 4.42 Å². The van der Waals surface area contributed by atoms with Gasteiger partial charge in [-0.3, -0.25) is 4.79 Å². The molecule has 2 heteroatoms. The number of hydrogen-bond acceptors (Lipinski definition) is 2. The summed E-state index contributed by atoms with van der Waals surface area (Å²) in [4.78, 5) is 12.3. The Bertz CT molecular complexity index is 826. The molecule has 3 rings (SSSR count). The Kier molecular flexibility index (Phi) is 3.61. The number of fused-ring (bicyclic) bond motifs is 1. The third kappa shape index (κ3) is 2.62. The van der Waals surface area contributed by atoms with Gasteiger partial charge in [0.15, 0.2) is 5.43 Å². The van der Waals surface area contributed by atoms with Crippen LogP contribution in [0.5, 0.6) is 0 Å². The first-order valence-corrected chi connectivity index (χ1v) is 7.37. The van der Waals surface area contributed by atoms with Crippen molar-refractivity contribution < 1.29 is 4.42 Å². The first kappa shape index (κ1) is 13.6. The van der Waals surface area contributed by atoms with Crippen molar-refractivity contribution in [3.05, 3.63) is 69.9 Å². The molecule has 0 N–H and O–H groups in total. The zero-order valence-electron chi connectivity index (χ0n) is 12.3. The molecular weight excluding hydrogens is 260 g/mol. The van der Waals surface area contributed by atoms with Crippen LogP contribution in [0.2, 0.25) is 0 Å². The van der Waals surface area contributed by atoms with Gasteiger partial charge in [-0.25, -0.2) is 0 Å². The van der Waals surface area contributed by atoms with Crippen molar-refractivity contribution in [3.63, 3.8) is 0 Å². The molecule has 0 saturated carbocycles. The molecule has 0 saturated heterocycles. The molecule has 0 bridgehead atoms. The maximum absolute atomic E-state index is 12.3. The summed E-state index contributed by atoms with van der Waals surface area (Å²) in [6.07, 6.45) is 1.91. The molecule has 0 radical (unpaired) electrons. The minimum atomic E-state index is 0.0149. The van der Waals surface area contributed by atoms with Gasteiger partial charge in [-0.05, 0) is 36.1 Å². The third-order valence-corrected chi connectivity index (χ3v) is 3.85. The van der Waals surface area contributed by atoms with Crippen LogP contribution in [0.15, 0.2) is 57.7 Å². The van der Waals surface area contributed by atoms with Crippen LogP contribution in [-0.4, -0.2) is 0 Å². The Balaban J connectivity index is 2.13. The van der Waals surface area contributed by atoms with E-state index < -0.39 is 0 Å². The Morgan fingerprint density at radius 2 is 1.52 bits per heavy atom. The van der Waals surface area contributed by atoms with Crippen LogP contribution in [0, 0.1) is 0 Å². The lowest BCUT2D eigenvalue weighted by atomic mass is 10.1. The molecule has 106 valence electrons. The molecule has 0 amide bonds. The number of hydrogen-bond donors (Lipinski definition) is 0. The fourth-order valence-electron chi connectivity index (χ4n) is 2.47. The summed E-state index contributed by atoms with van der Waals surface area (Å²) in [5.74, 6) is 0.624. The molecule has 3 aromatic rings. The maximum Gasteiger partial charge on any atom is 0.193 e. The van der Waals surface area contributed by atoms with E-state index in [0.29, 0.717) is 16.7 Å². The average molecular weight is 278 g/mol. The molecule has 1 heterocycles. The Hall–Kier alpha value is -2.35. The average Bonchev–Trinajstić information content (AvgIpc) is 2.54. The minimum absolute atomic E-state index is 0.0149. The summed E-state index contributed by atoms with van der Waals surface area (Å²) < 4.78 is 5.90. The van der Waals surface area contributed by atoms with Gasteiger partial charge in [0.25, 0.3) is 0 Å². The van der Waals surface area contributed by atoms with Gasteiger partial charge in [0, 0.05) is 11.6 Å². The monoisotopic (exact) mass is 278 g/mol. The molecule has 0 fully saturated rings. The summed E-state index contributed by atoms with van der Waals surface area (Å²) in [7, 11) is 0. The predicted molar refractivity (Wildman–Crippen MR) is 86.7 cm³/mol. The van der Waals surface area contributed by atoms with Gasteiger partial charge in [0.1, 0.15) is 11.3 Å². The highest BCUT2D eigenvalue weighted by Gasteiger charge is 2.07. The molecule has 0 unspecified atom stereocenters. The highest BCUT2D eigenvalue weighted by molar-refractivity contribution is 5.79. The van der Waals surface area contributed by atoms with Crippen molar-refractivity contribution in [2.24, 2.45) is 0 Å². The van der Waals surface area contributed by atoms with E-state index in [4.69, 9.17) is 4.42 Å². The van der Waals surface area contributed by atoms with Gasteiger partial charge in [-0.2, -0.15) is 0 Å². The predicted octanol–water partition coefficient (Wildman–Crippen LogP) is 4.58. The van der Waals surface area contributed by atoms with Crippen molar-refractivity contribution in [1.29, 1.82) is 0 Å². The van der Waals surface area contributed by atoms with Crippen LogP contribution in [0.4, 0.5) is 0 Å². The van der Waals surface area contributed by atoms with Crippen LogP contribution in [-0.2, 0) is 12.8 Å². The molecule has 2 nitrogen and oxygen atoms in total. The molecule has 1 aromatic heterocycles. The van der Waals surface area contributed by atoms with Gasteiger partial charge in [0.05, 0.1) is 5.39 Å². The van der Waals surface area contributed by atoms with Gasteiger partial charge in [0.2, 0.25) is 0 Å². The highest BCUT2D eigenvalue weighted by atomic mass is 16.3. The number of benzene rings is 2. The van der Waals surface area contributed by atoms with Crippen molar-refractivity contribution >= 4 is 11.0 Å². The molecule has 0 atom stereocenters. The highest BCUT2D eigenvalue weighted by Crippen LogP contribution is 2.23.